The van der Waals surface area contributed by atoms with Crippen molar-refractivity contribution in [2.45, 2.75) is 4.90 Å². The van der Waals surface area contributed by atoms with Crippen LogP contribution < -0.4 is 5.32 Å². The van der Waals surface area contributed by atoms with Gasteiger partial charge in [-0.3, -0.25) is 4.98 Å². The maximum absolute atomic E-state index is 13.7. The number of nitrogens with one attached hydrogen (secondary N) is 1. The van der Waals surface area contributed by atoms with Crippen molar-refractivity contribution < 1.29 is 12.8 Å². The molecule has 19 heavy (non-hydrogen) atoms. The fraction of sp³-hybridized carbons (Fsp3) is 0.0833. The molecule has 0 spiro atoms. The van der Waals surface area contributed by atoms with Crippen molar-refractivity contribution >= 4 is 43.8 Å². The fourth-order valence-corrected chi connectivity index (χ4v) is 2.80. The van der Waals surface area contributed by atoms with Crippen molar-refractivity contribution in [2.24, 2.45) is 0 Å². The minimum absolute atomic E-state index is 0.0838. The van der Waals surface area contributed by atoms with Crippen LogP contribution in [0.4, 0.5) is 15.8 Å². The zero-order valence-corrected chi connectivity index (χ0v) is 12.9. The highest BCUT2D eigenvalue weighted by Gasteiger charge is 2.14. The van der Waals surface area contributed by atoms with Gasteiger partial charge < -0.3 is 5.32 Å². The van der Waals surface area contributed by atoms with Crippen LogP contribution in [0.1, 0.15) is 0 Å². The molecule has 100 valence electrons. The highest BCUT2D eigenvalue weighted by atomic mass is 127. The summed E-state index contributed by atoms with van der Waals surface area (Å²) in [5.41, 5.74) is 0.462. The predicted octanol–water partition coefficient (Wildman–Crippen LogP) is 2.97. The van der Waals surface area contributed by atoms with Gasteiger partial charge in [0.05, 0.1) is 22.5 Å². The number of aromatic nitrogens is 1. The zero-order valence-electron chi connectivity index (χ0n) is 9.89. The number of hydrogen-bond acceptors (Lipinski definition) is 4. The summed E-state index contributed by atoms with van der Waals surface area (Å²) in [4.78, 5) is 3.94. The van der Waals surface area contributed by atoms with Crippen molar-refractivity contribution in [1.82, 2.24) is 4.98 Å². The van der Waals surface area contributed by atoms with Gasteiger partial charge in [0.1, 0.15) is 5.82 Å². The molecule has 2 aromatic rings. The first-order valence-electron chi connectivity index (χ1n) is 5.24. The molecular weight excluding hydrogens is 382 g/mol. The topological polar surface area (TPSA) is 59.1 Å². The van der Waals surface area contributed by atoms with E-state index in [-0.39, 0.29) is 16.3 Å². The second-order valence-electron chi connectivity index (χ2n) is 3.89. The van der Waals surface area contributed by atoms with Gasteiger partial charge in [0.25, 0.3) is 0 Å². The third kappa shape index (κ3) is 3.41. The molecule has 2 rings (SSSR count). The number of halogens is 2. The SMILES string of the molecule is CS(=O)(=O)c1ccncc1Nc1ccc(I)cc1F. The van der Waals surface area contributed by atoms with E-state index in [1.54, 1.807) is 12.1 Å². The first kappa shape index (κ1) is 14.2. The van der Waals surface area contributed by atoms with Gasteiger partial charge in [0.15, 0.2) is 9.84 Å². The fourth-order valence-electron chi connectivity index (χ4n) is 1.53. The monoisotopic (exact) mass is 392 g/mol. The van der Waals surface area contributed by atoms with Crippen molar-refractivity contribution in [1.29, 1.82) is 0 Å². The lowest BCUT2D eigenvalue weighted by Crippen LogP contribution is -2.04. The molecule has 0 aliphatic carbocycles. The normalized spacial score (nSPS) is 11.3. The van der Waals surface area contributed by atoms with Crippen LogP contribution in [0.3, 0.4) is 0 Å². The van der Waals surface area contributed by atoms with Crippen LogP contribution in [0.2, 0.25) is 0 Å². The number of rotatable bonds is 3. The molecule has 0 aliphatic heterocycles. The summed E-state index contributed by atoms with van der Waals surface area (Å²) in [5.74, 6) is -0.449. The molecule has 0 aliphatic rings. The zero-order chi connectivity index (χ0) is 14.0. The number of anilines is 2. The van der Waals surface area contributed by atoms with Gasteiger partial charge in [-0.05, 0) is 46.9 Å². The van der Waals surface area contributed by atoms with Crippen LogP contribution in [0, 0.1) is 9.39 Å². The Labute approximate surface area is 124 Å². The summed E-state index contributed by atoms with van der Waals surface area (Å²) in [6.07, 6.45) is 3.83. The first-order valence-corrected chi connectivity index (χ1v) is 8.21. The highest BCUT2D eigenvalue weighted by Crippen LogP contribution is 2.26. The van der Waals surface area contributed by atoms with E-state index < -0.39 is 15.7 Å². The lowest BCUT2D eigenvalue weighted by molar-refractivity contribution is 0.602. The molecule has 0 fully saturated rings. The van der Waals surface area contributed by atoms with E-state index in [0.29, 0.717) is 0 Å². The number of sulfone groups is 1. The maximum atomic E-state index is 13.7. The molecule has 0 saturated carbocycles. The summed E-state index contributed by atoms with van der Waals surface area (Å²) < 4.78 is 37.7. The summed E-state index contributed by atoms with van der Waals surface area (Å²) in [6.45, 7) is 0. The largest absolute Gasteiger partial charge is 0.351 e. The van der Waals surface area contributed by atoms with Gasteiger partial charge in [-0.15, -0.1) is 0 Å². The van der Waals surface area contributed by atoms with E-state index in [2.05, 4.69) is 10.3 Å². The van der Waals surface area contributed by atoms with Gasteiger partial charge in [-0.25, -0.2) is 12.8 Å². The minimum Gasteiger partial charge on any atom is -0.351 e. The molecule has 1 aromatic carbocycles. The number of pyridine rings is 1. The van der Waals surface area contributed by atoms with E-state index in [0.717, 1.165) is 9.83 Å². The third-order valence-electron chi connectivity index (χ3n) is 2.38. The van der Waals surface area contributed by atoms with E-state index in [9.17, 15) is 12.8 Å². The predicted molar refractivity (Wildman–Crippen MR) is 79.7 cm³/mol. The Bertz CT molecular complexity index is 719. The Morgan fingerprint density at radius 1 is 1.26 bits per heavy atom. The number of nitrogens with zero attached hydrogens (tertiary/aromatic N) is 1. The molecule has 0 unspecified atom stereocenters. The van der Waals surface area contributed by atoms with Crippen LogP contribution in [0.5, 0.6) is 0 Å². The Morgan fingerprint density at radius 2 is 2.00 bits per heavy atom. The maximum Gasteiger partial charge on any atom is 0.177 e. The van der Waals surface area contributed by atoms with E-state index in [1.807, 2.05) is 22.6 Å². The Kier molecular flexibility index (Phi) is 4.04. The third-order valence-corrected chi connectivity index (χ3v) is 4.21. The Balaban J connectivity index is 2.44. The standard InChI is InChI=1S/C12H10FIN2O2S/c1-19(17,18)12-4-5-15-7-11(12)16-10-3-2-8(14)6-9(10)13/h2-7,16H,1H3. The van der Waals surface area contributed by atoms with Crippen LogP contribution in [-0.4, -0.2) is 19.7 Å². The first-order chi connectivity index (χ1) is 8.88. The molecule has 0 saturated heterocycles. The Hall–Kier alpha value is -1.22. The van der Waals surface area contributed by atoms with Gasteiger partial charge in [-0.1, -0.05) is 0 Å². The van der Waals surface area contributed by atoms with E-state index >= 15 is 0 Å². The number of benzene rings is 1. The van der Waals surface area contributed by atoms with Gasteiger partial charge in [0.2, 0.25) is 0 Å². The molecule has 4 nitrogen and oxygen atoms in total. The second-order valence-corrected chi connectivity index (χ2v) is 7.12. The Morgan fingerprint density at radius 3 is 2.63 bits per heavy atom. The summed E-state index contributed by atoms with van der Waals surface area (Å²) in [7, 11) is -3.40. The quantitative estimate of drug-likeness (QED) is 0.817. The molecular formula is C12H10FIN2O2S. The van der Waals surface area contributed by atoms with Gasteiger partial charge in [-0.2, -0.15) is 0 Å². The van der Waals surface area contributed by atoms with Crippen LogP contribution in [0.15, 0.2) is 41.6 Å². The molecule has 7 heteroatoms. The smallest absolute Gasteiger partial charge is 0.177 e. The van der Waals surface area contributed by atoms with Gasteiger partial charge in [0, 0.05) is 16.0 Å². The molecule has 1 heterocycles. The molecule has 0 bridgehead atoms. The van der Waals surface area contributed by atoms with Crippen molar-refractivity contribution in [3.05, 3.63) is 46.0 Å². The molecule has 0 radical (unpaired) electrons. The van der Waals surface area contributed by atoms with Crippen LogP contribution in [-0.2, 0) is 9.84 Å². The summed E-state index contributed by atoms with van der Waals surface area (Å²) >= 11 is 2.00. The average molecular weight is 392 g/mol. The minimum atomic E-state index is -3.40. The van der Waals surface area contributed by atoms with Crippen molar-refractivity contribution in [3.63, 3.8) is 0 Å². The number of hydrogen-bond donors (Lipinski definition) is 1. The lowest BCUT2D eigenvalue weighted by Gasteiger charge is -2.11. The van der Waals surface area contributed by atoms with Crippen molar-refractivity contribution in [2.75, 3.05) is 11.6 Å². The van der Waals surface area contributed by atoms with Crippen molar-refractivity contribution in [3.8, 4) is 0 Å². The molecule has 1 aromatic heterocycles. The van der Waals surface area contributed by atoms with Crippen LogP contribution in [0.25, 0.3) is 0 Å². The van der Waals surface area contributed by atoms with E-state index in [1.165, 1.54) is 24.5 Å². The summed E-state index contributed by atoms with van der Waals surface area (Å²) in [6, 6.07) is 6.01. The van der Waals surface area contributed by atoms with E-state index in [4.69, 9.17) is 0 Å². The molecule has 1 N–H and O–H groups in total. The van der Waals surface area contributed by atoms with Crippen LogP contribution >= 0.6 is 22.6 Å². The molecule has 0 atom stereocenters. The lowest BCUT2D eigenvalue weighted by atomic mass is 10.3. The van der Waals surface area contributed by atoms with Gasteiger partial charge >= 0.3 is 0 Å². The molecule has 0 amide bonds. The summed E-state index contributed by atoms with van der Waals surface area (Å²) in [5, 5.41) is 2.75. The second kappa shape index (κ2) is 5.41. The average Bonchev–Trinajstić information content (AvgIpc) is 2.32. The highest BCUT2D eigenvalue weighted by molar-refractivity contribution is 14.1.